The number of carbonyl (C=O) groups excluding carboxylic acids is 2. The normalized spacial score (nSPS) is 17.7. The first kappa shape index (κ1) is 27.3. The second-order valence-corrected chi connectivity index (χ2v) is 10.6. The van der Waals surface area contributed by atoms with Crippen molar-refractivity contribution in [1.82, 2.24) is 4.90 Å². The lowest BCUT2D eigenvalue weighted by Gasteiger charge is -2.26. The predicted molar refractivity (Wildman–Crippen MR) is 142 cm³/mol. The van der Waals surface area contributed by atoms with E-state index in [-0.39, 0.29) is 22.9 Å². The number of amides is 1. The third-order valence-electron chi connectivity index (χ3n) is 6.39. The number of methoxy groups -OCH3 is 1. The van der Waals surface area contributed by atoms with Crippen LogP contribution in [-0.2, 0) is 15.0 Å². The minimum Gasteiger partial charge on any atom is -0.507 e. The number of benzene rings is 2. The zero-order valence-electron chi connectivity index (χ0n) is 22.6. The van der Waals surface area contributed by atoms with Gasteiger partial charge in [-0.1, -0.05) is 52.7 Å². The molecule has 2 aromatic rings. The molecule has 0 spiro atoms. The Labute approximate surface area is 214 Å². The van der Waals surface area contributed by atoms with Gasteiger partial charge in [0.25, 0.3) is 11.7 Å². The second kappa shape index (κ2) is 11.2. The molecule has 36 heavy (non-hydrogen) atoms. The van der Waals surface area contributed by atoms with Gasteiger partial charge in [0, 0.05) is 17.7 Å². The highest BCUT2D eigenvalue weighted by Gasteiger charge is 2.45. The maximum absolute atomic E-state index is 13.3. The van der Waals surface area contributed by atoms with Crippen LogP contribution in [-0.4, -0.2) is 41.5 Å². The first-order chi connectivity index (χ1) is 17.0. The highest BCUT2D eigenvalue weighted by Crippen LogP contribution is 2.41. The Bertz CT molecular complexity index is 1130. The van der Waals surface area contributed by atoms with Crippen molar-refractivity contribution in [3.63, 3.8) is 0 Å². The fourth-order valence-electron chi connectivity index (χ4n) is 4.59. The minimum absolute atomic E-state index is 0.0302. The van der Waals surface area contributed by atoms with Gasteiger partial charge >= 0.3 is 0 Å². The molecule has 1 N–H and O–H groups in total. The van der Waals surface area contributed by atoms with Gasteiger partial charge in [0.2, 0.25) is 0 Å². The first-order valence-electron chi connectivity index (χ1n) is 12.7. The van der Waals surface area contributed by atoms with E-state index in [0.29, 0.717) is 23.6 Å². The average molecular weight is 494 g/mol. The standard InChI is InChI=1S/C30H39NO5/c1-8-9-10-17-31-26(20-11-14-22(15-12-20)36-19(2)3)25(28(33)29(31)34)27(32)21-13-16-24(35-7)23(18-21)30(4,5)6/h11-16,18-19,26,32H,8-10,17H2,1-7H3/b27-25-. The van der Waals surface area contributed by atoms with Crippen LogP contribution in [0.2, 0.25) is 0 Å². The fraction of sp³-hybridized carbons (Fsp3) is 0.467. The van der Waals surface area contributed by atoms with Crippen molar-refractivity contribution in [3.05, 3.63) is 64.7 Å². The van der Waals surface area contributed by atoms with Crippen LogP contribution in [0, 0.1) is 0 Å². The molecule has 6 heteroatoms. The van der Waals surface area contributed by atoms with Gasteiger partial charge in [-0.2, -0.15) is 0 Å². The second-order valence-electron chi connectivity index (χ2n) is 10.6. The summed E-state index contributed by atoms with van der Waals surface area (Å²) >= 11 is 0. The van der Waals surface area contributed by atoms with Crippen molar-refractivity contribution in [2.75, 3.05) is 13.7 Å². The molecule has 1 unspecified atom stereocenters. The molecule has 1 heterocycles. The Hall–Kier alpha value is -3.28. The summed E-state index contributed by atoms with van der Waals surface area (Å²) in [5.41, 5.74) is 2.00. The summed E-state index contributed by atoms with van der Waals surface area (Å²) in [6.07, 6.45) is 2.76. The van der Waals surface area contributed by atoms with Gasteiger partial charge in [-0.25, -0.2) is 0 Å². The first-order valence-corrected chi connectivity index (χ1v) is 12.7. The Morgan fingerprint density at radius 3 is 2.28 bits per heavy atom. The van der Waals surface area contributed by atoms with Gasteiger partial charge in [0.1, 0.15) is 17.3 Å². The third kappa shape index (κ3) is 5.75. The number of Topliss-reactive ketones (excluding diaryl/α,β-unsaturated/α-hetero) is 1. The van der Waals surface area contributed by atoms with E-state index in [0.717, 1.165) is 30.4 Å². The number of unbranched alkanes of at least 4 members (excludes halogenated alkanes) is 2. The molecule has 0 aromatic heterocycles. The lowest BCUT2D eigenvalue weighted by atomic mass is 9.84. The van der Waals surface area contributed by atoms with Crippen molar-refractivity contribution >= 4 is 17.4 Å². The van der Waals surface area contributed by atoms with E-state index in [1.54, 1.807) is 24.1 Å². The van der Waals surface area contributed by atoms with Crippen LogP contribution in [0.25, 0.3) is 5.76 Å². The summed E-state index contributed by atoms with van der Waals surface area (Å²) < 4.78 is 11.3. The van der Waals surface area contributed by atoms with Gasteiger partial charge in [-0.05, 0) is 61.6 Å². The van der Waals surface area contributed by atoms with Crippen molar-refractivity contribution in [1.29, 1.82) is 0 Å². The molecular weight excluding hydrogens is 454 g/mol. The van der Waals surface area contributed by atoms with E-state index in [1.807, 2.05) is 44.2 Å². The largest absolute Gasteiger partial charge is 0.507 e. The molecule has 0 saturated carbocycles. The molecule has 1 fully saturated rings. The molecule has 2 aromatic carbocycles. The van der Waals surface area contributed by atoms with Crippen molar-refractivity contribution in [2.24, 2.45) is 0 Å². The van der Waals surface area contributed by atoms with Gasteiger partial charge in [-0.15, -0.1) is 0 Å². The highest BCUT2D eigenvalue weighted by molar-refractivity contribution is 6.46. The molecule has 1 aliphatic heterocycles. The van der Waals surface area contributed by atoms with Crippen LogP contribution < -0.4 is 9.47 Å². The number of ether oxygens (including phenoxy) is 2. The van der Waals surface area contributed by atoms with Crippen LogP contribution in [0.15, 0.2) is 48.0 Å². The van der Waals surface area contributed by atoms with Gasteiger partial charge in [0.05, 0.1) is 24.8 Å². The summed E-state index contributed by atoms with van der Waals surface area (Å²) in [7, 11) is 1.61. The summed E-state index contributed by atoms with van der Waals surface area (Å²) in [5, 5.41) is 11.5. The molecule has 1 saturated heterocycles. The molecular formula is C30H39NO5. The lowest BCUT2D eigenvalue weighted by Crippen LogP contribution is -2.30. The van der Waals surface area contributed by atoms with E-state index in [1.165, 1.54) is 0 Å². The van der Waals surface area contributed by atoms with Crippen molar-refractivity contribution in [3.8, 4) is 11.5 Å². The van der Waals surface area contributed by atoms with Gasteiger partial charge in [-0.3, -0.25) is 9.59 Å². The molecule has 3 rings (SSSR count). The SMILES string of the molecule is CCCCCN1C(=O)C(=O)/C(=C(\O)c2ccc(OC)c(C(C)(C)C)c2)C1c1ccc(OC(C)C)cc1. The molecule has 6 nitrogen and oxygen atoms in total. The zero-order chi connectivity index (χ0) is 26.6. The van der Waals surface area contributed by atoms with E-state index < -0.39 is 17.7 Å². The molecule has 0 aliphatic carbocycles. The Morgan fingerprint density at radius 2 is 1.72 bits per heavy atom. The van der Waals surface area contributed by atoms with Crippen molar-refractivity contribution in [2.45, 2.75) is 78.4 Å². The summed E-state index contributed by atoms with van der Waals surface area (Å²) in [5.74, 6) is -0.000587. The number of hydrogen-bond donors (Lipinski definition) is 1. The van der Waals surface area contributed by atoms with Gasteiger partial charge < -0.3 is 19.5 Å². The monoisotopic (exact) mass is 493 g/mol. The van der Waals surface area contributed by atoms with E-state index in [9.17, 15) is 14.7 Å². The van der Waals surface area contributed by atoms with E-state index in [2.05, 4.69) is 27.7 Å². The maximum Gasteiger partial charge on any atom is 0.295 e. The zero-order valence-corrected chi connectivity index (χ0v) is 22.6. The van der Waals surface area contributed by atoms with Crippen LogP contribution in [0.5, 0.6) is 11.5 Å². The maximum atomic E-state index is 13.3. The number of carbonyl (C=O) groups is 2. The van der Waals surface area contributed by atoms with Crippen LogP contribution in [0.1, 0.15) is 83.5 Å². The smallest absolute Gasteiger partial charge is 0.295 e. The molecule has 194 valence electrons. The topological polar surface area (TPSA) is 76.1 Å². The molecule has 0 bridgehead atoms. The van der Waals surface area contributed by atoms with Crippen molar-refractivity contribution < 1.29 is 24.2 Å². The average Bonchev–Trinajstić information content (AvgIpc) is 3.08. The predicted octanol–water partition coefficient (Wildman–Crippen LogP) is 6.39. The molecule has 1 amide bonds. The van der Waals surface area contributed by atoms with E-state index >= 15 is 0 Å². The van der Waals surface area contributed by atoms with Gasteiger partial charge in [0.15, 0.2) is 0 Å². The number of ketones is 1. The fourth-order valence-corrected chi connectivity index (χ4v) is 4.59. The summed E-state index contributed by atoms with van der Waals surface area (Å²) in [6, 6.07) is 12.1. The number of aliphatic hydroxyl groups excluding tert-OH is 1. The Morgan fingerprint density at radius 1 is 1.06 bits per heavy atom. The summed E-state index contributed by atoms with van der Waals surface area (Å²) in [4.78, 5) is 28.1. The van der Waals surface area contributed by atoms with Crippen LogP contribution in [0.3, 0.4) is 0 Å². The van der Waals surface area contributed by atoms with E-state index in [4.69, 9.17) is 9.47 Å². The Kier molecular flexibility index (Phi) is 8.49. The quantitative estimate of drug-likeness (QED) is 0.190. The molecule has 1 atom stereocenters. The Balaban J connectivity index is 2.15. The third-order valence-corrected chi connectivity index (χ3v) is 6.39. The number of rotatable bonds is 9. The number of aliphatic hydroxyl groups is 1. The molecule has 0 radical (unpaired) electrons. The number of likely N-dealkylation sites (tertiary alicyclic amines) is 1. The highest BCUT2D eigenvalue weighted by atomic mass is 16.5. The molecule has 1 aliphatic rings. The lowest BCUT2D eigenvalue weighted by molar-refractivity contribution is -0.139. The van der Waals surface area contributed by atoms with Crippen LogP contribution in [0.4, 0.5) is 0 Å². The summed E-state index contributed by atoms with van der Waals surface area (Å²) in [6.45, 7) is 12.6. The number of nitrogens with zero attached hydrogens (tertiary/aromatic N) is 1. The minimum atomic E-state index is -0.671. The number of hydrogen-bond acceptors (Lipinski definition) is 5. The van der Waals surface area contributed by atoms with Crippen LogP contribution >= 0.6 is 0 Å².